The summed E-state index contributed by atoms with van der Waals surface area (Å²) >= 11 is 1.89. The van der Waals surface area contributed by atoms with Crippen molar-refractivity contribution in [3.05, 3.63) is 54.1 Å². The largest absolute Gasteiger partial charge is 0.114 e. The van der Waals surface area contributed by atoms with Gasteiger partial charge in [-0.1, -0.05) is 42.0 Å². The molecule has 0 atom stereocenters. The lowest BCUT2D eigenvalue weighted by Gasteiger charge is -2.04. The van der Waals surface area contributed by atoms with Crippen LogP contribution in [-0.4, -0.2) is 5.25 Å². The van der Waals surface area contributed by atoms with Crippen LogP contribution in [0.25, 0.3) is 0 Å². The lowest BCUT2D eigenvalue weighted by atomic mass is 10.2. The molecule has 1 aliphatic rings. The van der Waals surface area contributed by atoms with E-state index in [4.69, 9.17) is 0 Å². The first-order valence-corrected chi connectivity index (χ1v) is 5.31. The first-order chi connectivity index (χ1) is 6.34. The molecule has 0 nitrogen and oxygen atoms in total. The molecular formula is C12H12S. The van der Waals surface area contributed by atoms with Gasteiger partial charge in [0.15, 0.2) is 0 Å². The number of rotatable bonds is 2. The number of thioether (sulfide) groups is 1. The third kappa shape index (κ3) is 2.25. The highest BCUT2D eigenvalue weighted by molar-refractivity contribution is 8.00. The molecule has 0 spiro atoms. The van der Waals surface area contributed by atoms with Crippen LogP contribution in [0, 0.1) is 6.92 Å². The van der Waals surface area contributed by atoms with Gasteiger partial charge < -0.3 is 0 Å². The summed E-state index contributed by atoms with van der Waals surface area (Å²) in [5.74, 6) is 0. The first-order valence-electron chi connectivity index (χ1n) is 4.43. The van der Waals surface area contributed by atoms with Crippen LogP contribution >= 0.6 is 11.8 Å². The second-order valence-corrected chi connectivity index (χ2v) is 4.42. The van der Waals surface area contributed by atoms with Crippen molar-refractivity contribution in [2.45, 2.75) is 17.1 Å². The molecule has 0 aromatic heterocycles. The van der Waals surface area contributed by atoms with Gasteiger partial charge in [0.25, 0.3) is 0 Å². The van der Waals surface area contributed by atoms with Gasteiger partial charge in [-0.05, 0) is 19.1 Å². The third-order valence-corrected chi connectivity index (χ3v) is 3.14. The molecule has 2 rings (SSSR count). The molecule has 1 aliphatic carbocycles. The second-order valence-electron chi connectivity index (χ2n) is 3.17. The van der Waals surface area contributed by atoms with E-state index in [1.807, 2.05) is 11.8 Å². The summed E-state index contributed by atoms with van der Waals surface area (Å²) in [6.45, 7) is 2.11. The normalized spacial score (nSPS) is 15.5. The fourth-order valence-corrected chi connectivity index (χ4v) is 2.21. The van der Waals surface area contributed by atoms with Gasteiger partial charge in [-0.25, -0.2) is 0 Å². The fourth-order valence-electron chi connectivity index (χ4n) is 1.26. The van der Waals surface area contributed by atoms with Gasteiger partial charge in [0, 0.05) is 10.1 Å². The summed E-state index contributed by atoms with van der Waals surface area (Å²) in [6, 6.07) is 8.68. The van der Waals surface area contributed by atoms with Crippen LogP contribution in [0.3, 0.4) is 0 Å². The highest BCUT2D eigenvalue weighted by atomic mass is 32.2. The van der Waals surface area contributed by atoms with Crippen LogP contribution in [0.4, 0.5) is 0 Å². The molecular weight excluding hydrogens is 176 g/mol. The number of aryl methyl sites for hydroxylation is 1. The monoisotopic (exact) mass is 188 g/mol. The summed E-state index contributed by atoms with van der Waals surface area (Å²) < 4.78 is 0. The minimum atomic E-state index is 0.530. The average molecular weight is 188 g/mol. The number of allylic oxidation sites excluding steroid dienone is 2. The zero-order valence-electron chi connectivity index (χ0n) is 7.60. The van der Waals surface area contributed by atoms with Crippen molar-refractivity contribution in [1.29, 1.82) is 0 Å². The van der Waals surface area contributed by atoms with Crippen molar-refractivity contribution < 1.29 is 0 Å². The standard InChI is InChI=1S/C12H12S/c1-10-6-8-12(9-7-10)13-11-4-2-3-5-11/h2-9,11H,1H3. The molecule has 0 saturated heterocycles. The highest BCUT2D eigenvalue weighted by Gasteiger charge is 2.04. The van der Waals surface area contributed by atoms with Crippen LogP contribution in [0.5, 0.6) is 0 Å². The average Bonchev–Trinajstić information content (AvgIpc) is 2.62. The molecule has 0 radical (unpaired) electrons. The zero-order valence-corrected chi connectivity index (χ0v) is 8.42. The Hall–Kier alpha value is -0.950. The van der Waals surface area contributed by atoms with Gasteiger partial charge >= 0.3 is 0 Å². The molecule has 1 aromatic rings. The van der Waals surface area contributed by atoms with E-state index in [9.17, 15) is 0 Å². The van der Waals surface area contributed by atoms with E-state index in [2.05, 4.69) is 55.5 Å². The van der Waals surface area contributed by atoms with E-state index in [1.54, 1.807) is 0 Å². The fraction of sp³-hybridized carbons (Fsp3) is 0.167. The number of hydrogen-bond acceptors (Lipinski definition) is 1. The zero-order chi connectivity index (χ0) is 9.10. The number of hydrogen-bond donors (Lipinski definition) is 0. The van der Waals surface area contributed by atoms with Gasteiger partial charge in [-0.2, -0.15) is 0 Å². The van der Waals surface area contributed by atoms with Gasteiger partial charge in [0.05, 0.1) is 0 Å². The van der Waals surface area contributed by atoms with E-state index in [-0.39, 0.29) is 0 Å². The molecule has 0 N–H and O–H groups in total. The van der Waals surface area contributed by atoms with E-state index in [0.717, 1.165) is 0 Å². The van der Waals surface area contributed by atoms with Gasteiger partial charge in [-0.3, -0.25) is 0 Å². The summed E-state index contributed by atoms with van der Waals surface area (Å²) in [6.07, 6.45) is 8.63. The van der Waals surface area contributed by atoms with Crippen molar-refractivity contribution in [3.8, 4) is 0 Å². The molecule has 0 unspecified atom stereocenters. The van der Waals surface area contributed by atoms with Gasteiger partial charge in [0.1, 0.15) is 0 Å². The third-order valence-electron chi connectivity index (χ3n) is 2.01. The van der Waals surface area contributed by atoms with Crippen molar-refractivity contribution in [2.24, 2.45) is 0 Å². The SMILES string of the molecule is Cc1ccc(SC2C=CC=C2)cc1. The molecule has 0 fully saturated rings. The maximum atomic E-state index is 2.21. The van der Waals surface area contributed by atoms with E-state index in [1.165, 1.54) is 10.5 Å². The van der Waals surface area contributed by atoms with Crippen molar-refractivity contribution in [2.75, 3.05) is 0 Å². The first kappa shape index (κ1) is 8.64. The van der Waals surface area contributed by atoms with Gasteiger partial charge in [0.2, 0.25) is 0 Å². The van der Waals surface area contributed by atoms with Crippen LogP contribution in [0.2, 0.25) is 0 Å². The minimum Gasteiger partial charge on any atom is -0.114 e. The van der Waals surface area contributed by atoms with Crippen molar-refractivity contribution in [1.82, 2.24) is 0 Å². The quantitative estimate of drug-likeness (QED) is 0.683. The van der Waals surface area contributed by atoms with Crippen LogP contribution in [0.1, 0.15) is 5.56 Å². The lowest BCUT2D eigenvalue weighted by molar-refractivity contribution is 1.36. The Morgan fingerprint density at radius 1 is 1.00 bits per heavy atom. The van der Waals surface area contributed by atoms with Crippen LogP contribution in [0.15, 0.2) is 53.5 Å². The maximum Gasteiger partial charge on any atom is 0.0461 e. The molecule has 1 heteroatoms. The Morgan fingerprint density at radius 2 is 1.62 bits per heavy atom. The maximum absolute atomic E-state index is 2.21. The summed E-state index contributed by atoms with van der Waals surface area (Å²) in [5, 5.41) is 0.530. The Labute approximate surface area is 83.4 Å². The number of benzene rings is 1. The summed E-state index contributed by atoms with van der Waals surface area (Å²) in [5.41, 5.74) is 1.32. The van der Waals surface area contributed by atoms with E-state index < -0.39 is 0 Å². The molecule has 66 valence electrons. The van der Waals surface area contributed by atoms with Crippen LogP contribution in [-0.2, 0) is 0 Å². The molecule has 1 aromatic carbocycles. The topological polar surface area (TPSA) is 0 Å². The lowest BCUT2D eigenvalue weighted by Crippen LogP contribution is -1.88. The smallest absolute Gasteiger partial charge is 0.0461 e. The molecule has 13 heavy (non-hydrogen) atoms. The van der Waals surface area contributed by atoms with Crippen molar-refractivity contribution in [3.63, 3.8) is 0 Å². The highest BCUT2D eigenvalue weighted by Crippen LogP contribution is 2.27. The second kappa shape index (κ2) is 3.84. The van der Waals surface area contributed by atoms with E-state index >= 15 is 0 Å². The summed E-state index contributed by atoms with van der Waals surface area (Å²) in [4.78, 5) is 1.34. The Balaban J connectivity index is 2.05. The van der Waals surface area contributed by atoms with E-state index in [0.29, 0.717) is 5.25 Å². The molecule has 0 aliphatic heterocycles. The Morgan fingerprint density at radius 3 is 2.23 bits per heavy atom. The Kier molecular flexibility index (Phi) is 2.55. The molecule has 0 amide bonds. The van der Waals surface area contributed by atoms with Gasteiger partial charge in [-0.15, -0.1) is 11.8 Å². The van der Waals surface area contributed by atoms with Crippen LogP contribution < -0.4 is 0 Å². The predicted molar refractivity (Wildman–Crippen MR) is 59.1 cm³/mol. The molecule has 0 heterocycles. The Bertz CT molecular complexity index is 321. The molecule has 0 saturated carbocycles. The molecule has 0 bridgehead atoms. The van der Waals surface area contributed by atoms with Crippen molar-refractivity contribution >= 4 is 11.8 Å². The minimum absolute atomic E-state index is 0.530. The summed E-state index contributed by atoms with van der Waals surface area (Å²) in [7, 11) is 0. The predicted octanol–water partition coefficient (Wildman–Crippen LogP) is 3.58.